The second-order valence-corrected chi connectivity index (χ2v) is 9.17. The van der Waals surface area contributed by atoms with Gasteiger partial charge >= 0.3 is 0 Å². The minimum absolute atomic E-state index is 0.0364. The van der Waals surface area contributed by atoms with Crippen molar-refractivity contribution in [2.75, 3.05) is 24.5 Å². The van der Waals surface area contributed by atoms with Crippen LogP contribution in [0.2, 0.25) is 0 Å². The Balaban J connectivity index is 1.16. The lowest BCUT2D eigenvalue weighted by Crippen LogP contribution is -2.53. The van der Waals surface area contributed by atoms with Crippen molar-refractivity contribution in [3.63, 3.8) is 0 Å². The summed E-state index contributed by atoms with van der Waals surface area (Å²) in [5.41, 5.74) is 3.32. The van der Waals surface area contributed by atoms with Crippen molar-refractivity contribution in [2.45, 2.75) is 12.3 Å². The number of halogens is 1. The summed E-state index contributed by atoms with van der Waals surface area (Å²) in [5.74, 6) is 0.0514. The van der Waals surface area contributed by atoms with E-state index in [1.54, 1.807) is 6.07 Å². The molecule has 162 valence electrons. The van der Waals surface area contributed by atoms with E-state index >= 15 is 0 Å². The number of anilines is 1. The molecule has 0 spiro atoms. The Kier molecular flexibility index (Phi) is 5.86. The number of nitrogens with one attached hydrogen (secondary N) is 1. The second-order valence-electron chi connectivity index (χ2n) is 8.16. The molecule has 0 bridgehead atoms. The normalized spacial score (nSPS) is 14.0. The fourth-order valence-corrected chi connectivity index (χ4v) is 5.21. The van der Waals surface area contributed by atoms with Crippen LogP contribution in [0, 0.1) is 11.7 Å². The molecule has 0 saturated carbocycles. The lowest BCUT2D eigenvalue weighted by molar-refractivity contribution is -0.125. The average Bonchev–Trinajstić information content (AvgIpc) is 3.19. The summed E-state index contributed by atoms with van der Waals surface area (Å²) in [6.07, 6.45) is 0.847. The Morgan fingerprint density at radius 1 is 1.03 bits per heavy atom. The lowest BCUT2D eigenvalue weighted by Gasteiger charge is -2.38. The van der Waals surface area contributed by atoms with Crippen LogP contribution in [-0.4, -0.2) is 30.5 Å². The molecule has 0 radical (unpaired) electrons. The fraction of sp³-hybridized carbons (Fsp3) is 0.231. The molecule has 1 N–H and O–H groups in total. The highest BCUT2D eigenvalue weighted by Gasteiger charge is 2.34. The first-order valence-electron chi connectivity index (χ1n) is 10.9. The van der Waals surface area contributed by atoms with Gasteiger partial charge in [-0.25, -0.2) is 9.37 Å². The van der Waals surface area contributed by atoms with E-state index in [0.29, 0.717) is 19.6 Å². The van der Waals surface area contributed by atoms with Gasteiger partial charge in [0.15, 0.2) is 5.13 Å². The van der Waals surface area contributed by atoms with E-state index in [9.17, 15) is 9.18 Å². The standard InChI is InChI=1S/C26H24FN3OS/c27-21-11-12-23-24(15-21)32-26(29-23)30-16-20(17-30)25(31)28-14-13-22(18-7-3-1-4-8-18)19-9-5-2-6-10-19/h1-12,15,20,22H,13-14,16-17H2,(H,28,31). The summed E-state index contributed by atoms with van der Waals surface area (Å²) in [6, 6.07) is 25.5. The molecule has 2 heterocycles. The van der Waals surface area contributed by atoms with Gasteiger partial charge in [0.2, 0.25) is 5.91 Å². The van der Waals surface area contributed by atoms with Crippen molar-refractivity contribution in [2.24, 2.45) is 5.92 Å². The summed E-state index contributed by atoms with van der Waals surface area (Å²) in [6.45, 7) is 1.92. The molecule has 1 saturated heterocycles. The average molecular weight is 446 g/mol. The largest absolute Gasteiger partial charge is 0.356 e. The highest BCUT2D eigenvalue weighted by atomic mass is 32.1. The minimum Gasteiger partial charge on any atom is -0.356 e. The summed E-state index contributed by atoms with van der Waals surface area (Å²) >= 11 is 1.47. The van der Waals surface area contributed by atoms with Crippen LogP contribution in [0.5, 0.6) is 0 Å². The smallest absolute Gasteiger partial charge is 0.226 e. The van der Waals surface area contributed by atoms with Gasteiger partial charge in [-0.05, 0) is 35.7 Å². The SMILES string of the molecule is O=C(NCCC(c1ccccc1)c1ccccc1)C1CN(c2nc3ccc(F)cc3s2)C1. The molecule has 0 unspecified atom stereocenters. The number of fused-ring (bicyclic) bond motifs is 1. The third-order valence-corrected chi connectivity index (χ3v) is 7.08. The fourth-order valence-electron chi connectivity index (χ4n) is 4.20. The number of hydrogen-bond donors (Lipinski definition) is 1. The number of hydrogen-bond acceptors (Lipinski definition) is 4. The molecule has 4 aromatic rings. The number of benzene rings is 3. The van der Waals surface area contributed by atoms with Crippen LogP contribution in [0.3, 0.4) is 0 Å². The summed E-state index contributed by atoms with van der Waals surface area (Å²) in [5, 5.41) is 3.98. The van der Waals surface area contributed by atoms with Gasteiger partial charge in [0, 0.05) is 25.6 Å². The van der Waals surface area contributed by atoms with E-state index < -0.39 is 0 Å². The number of carbonyl (C=O) groups is 1. The van der Waals surface area contributed by atoms with Crippen LogP contribution < -0.4 is 10.2 Å². The molecule has 0 atom stereocenters. The number of amides is 1. The zero-order valence-electron chi connectivity index (χ0n) is 17.6. The molecule has 5 rings (SSSR count). The molecular formula is C26H24FN3OS. The van der Waals surface area contributed by atoms with Gasteiger partial charge in [0.25, 0.3) is 0 Å². The van der Waals surface area contributed by atoms with Crippen LogP contribution >= 0.6 is 11.3 Å². The Morgan fingerprint density at radius 3 is 2.34 bits per heavy atom. The Hall–Kier alpha value is -3.25. The molecule has 32 heavy (non-hydrogen) atoms. The Labute approximate surface area is 190 Å². The van der Waals surface area contributed by atoms with Crippen LogP contribution in [-0.2, 0) is 4.79 Å². The first-order chi connectivity index (χ1) is 15.7. The van der Waals surface area contributed by atoms with Crippen molar-refractivity contribution < 1.29 is 9.18 Å². The lowest BCUT2D eigenvalue weighted by atomic mass is 9.88. The van der Waals surface area contributed by atoms with Crippen LogP contribution in [0.4, 0.5) is 9.52 Å². The van der Waals surface area contributed by atoms with Gasteiger partial charge in [-0.2, -0.15) is 0 Å². The number of rotatable bonds is 7. The van der Waals surface area contributed by atoms with E-state index in [2.05, 4.69) is 63.7 Å². The number of thiazole rings is 1. The maximum absolute atomic E-state index is 13.4. The third kappa shape index (κ3) is 4.36. The van der Waals surface area contributed by atoms with E-state index in [1.165, 1.54) is 34.6 Å². The van der Waals surface area contributed by atoms with E-state index in [1.807, 2.05) is 12.1 Å². The van der Waals surface area contributed by atoms with Gasteiger partial charge in [-0.15, -0.1) is 0 Å². The molecule has 1 aliphatic heterocycles. The summed E-state index contributed by atoms with van der Waals surface area (Å²) in [7, 11) is 0. The second kappa shape index (κ2) is 9.09. The molecule has 1 amide bonds. The predicted molar refractivity (Wildman–Crippen MR) is 128 cm³/mol. The van der Waals surface area contributed by atoms with E-state index in [4.69, 9.17) is 0 Å². The zero-order chi connectivity index (χ0) is 21.9. The Bertz CT molecular complexity index is 1170. The van der Waals surface area contributed by atoms with Gasteiger partial charge in [0.05, 0.1) is 16.1 Å². The summed E-state index contributed by atoms with van der Waals surface area (Å²) in [4.78, 5) is 19.3. The highest BCUT2D eigenvalue weighted by molar-refractivity contribution is 7.22. The molecule has 1 aliphatic rings. The monoisotopic (exact) mass is 445 g/mol. The molecule has 4 nitrogen and oxygen atoms in total. The van der Waals surface area contributed by atoms with Gasteiger partial charge in [-0.3, -0.25) is 4.79 Å². The predicted octanol–water partition coefficient (Wildman–Crippen LogP) is 5.21. The van der Waals surface area contributed by atoms with Gasteiger partial charge in [0.1, 0.15) is 5.82 Å². The first-order valence-corrected chi connectivity index (χ1v) is 11.7. The van der Waals surface area contributed by atoms with Crippen molar-refractivity contribution in [3.8, 4) is 0 Å². The maximum Gasteiger partial charge on any atom is 0.226 e. The maximum atomic E-state index is 13.4. The highest BCUT2D eigenvalue weighted by Crippen LogP contribution is 2.33. The molecular weight excluding hydrogens is 421 g/mol. The molecule has 0 aliphatic carbocycles. The van der Waals surface area contributed by atoms with Crippen molar-refractivity contribution in [1.82, 2.24) is 10.3 Å². The topological polar surface area (TPSA) is 45.2 Å². The molecule has 1 fully saturated rings. The minimum atomic E-state index is -0.252. The number of nitrogens with zero attached hydrogens (tertiary/aromatic N) is 2. The van der Waals surface area contributed by atoms with E-state index in [0.717, 1.165) is 21.8 Å². The van der Waals surface area contributed by atoms with Crippen LogP contribution in [0.25, 0.3) is 10.2 Å². The molecule has 6 heteroatoms. The zero-order valence-corrected chi connectivity index (χ0v) is 18.4. The van der Waals surface area contributed by atoms with Crippen LogP contribution in [0.1, 0.15) is 23.5 Å². The first kappa shape index (κ1) is 20.6. The molecule has 1 aromatic heterocycles. The number of carbonyl (C=O) groups excluding carboxylic acids is 1. The number of aromatic nitrogens is 1. The quantitative estimate of drug-likeness (QED) is 0.425. The summed E-state index contributed by atoms with van der Waals surface area (Å²) < 4.78 is 14.2. The van der Waals surface area contributed by atoms with Gasteiger partial charge in [-0.1, -0.05) is 72.0 Å². The van der Waals surface area contributed by atoms with Crippen LogP contribution in [0.15, 0.2) is 78.9 Å². The van der Waals surface area contributed by atoms with Crippen molar-refractivity contribution in [1.29, 1.82) is 0 Å². The third-order valence-electron chi connectivity index (χ3n) is 6.00. The van der Waals surface area contributed by atoms with Gasteiger partial charge < -0.3 is 10.2 Å². The van der Waals surface area contributed by atoms with Crippen molar-refractivity contribution in [3.05, 3.63) is 95.8 Å². The Morgan fingerprint density at radius 2 is 1.69 bits per heavy atom. The van der Waals surface area contributed by atoms with Crippen molar-refractivity contribution >= 4 is 32.6 Å². The molecule has 3 aromatic carbocycles. The van der Waals surface area contributed by atoms with E-state index in [-0.39, 0.29) is 23.6 Å².